The molecule has 1 N–H and O–H groups in total. The van der Waals surface area contributed by atoms with Gasteiger partial charge >= 0.3 is 35.8 Å². The smallest absolute Gasteiger partial charge is 0.384 e. The summed E-state index contributed by atoms with van der Waals surface area (Å²) >= 11 is 0. The highest BCUT2D eigenvalue weighted by Gasteiger charge is 2.90. The minimum absolute atomic E-state index is 0.00388. The van der Waals surface area contributed by atoms with E-state index in [9.17, 15) is 62.2 Å². The van der Waals surface area contributed by atoms with Gasteiger partial charge in [0.1, 0.15) is 5.60 Å². The van der Waals surface area contributed by atoms with Crippen molar-refractivity contribution in [1.29, 1.82) is 0 Å². The average molecular weight is 600 g/mol. The van der Waals surface area contributed by atoms with Crippen molar-refractivity contribution in [3.63, 3.8) is 0 Å². The van der Waals surface area contributed by atoms with E-state index >= 15 is 0 Å². The van der Waals surface area contributed by atoms with Gasteiger partial charge in [-0.2, -0.15) is 57.1 Å². The molecule has 0 spiro atoms. The maximum Gasteiger partial charge on any atom is 0.460 e. The standard InChI is InChI=1S/C26H25F13O/c1-4-15(2)17-10-12-19(13-11-17)20(40,16(3)18-8-6-5-7-9-18)14-21(27,28)22(29,30)23(31,32)24(33,34)25(35,36)26(37,38)39/h5-13,15-16,40H,4,14H2,1-3H3. The second kappa shape index (κ2) is 10.7. The highest BCUT2D eigenvalue weighted by Crippen LogP contribution is 2.62. The number of benzene rings is 2. The van der Waals surface area contributed by atoms with Crippen LogP contribution >= 0.6 is 0 Å². The fourth-order valence-electron chi connectivity index (χ4n) is 4.11. The first-order valence-electron chi connectivity index (χ1n) is 11.8. The van der Waals surface area contributed by atoms with Crippen LogP contribution in [0.3, 0.4) is 0 Å². The molecule has 1 nitrogen and oxygen atoms in total. The van der Waals surface area contributed by atoms with Crippen molar-refractivity contribution in [3.8, 4) is 0 Å². The van der Waals surface area contributed by atoms with Crippen LogP contribution in [-0.4, -0.2) is 40.9 Å². The molecule has 0 bridgehead atoms. The van der Waals surface area contributed by atoms with Gasteiger partial charge in [0.2, 0.25) is 0 Å². The minimum Gasteiger partial charge on any atom is -0.384 e. The van der Waals surface area contributed by atoms with Gasteiger partial charge in [-0.3, -0.25) is 0 Å². The molecule has 0 amide bonds. The molecule has 0 aliphatic rings. The largest absolute Gasteiger partial charge is 0.460 e. The Kier molecular flexibility index (Phi) is 9.03. The van der Waals surface area contributed by atoms with Gasteiger partial charge in [-0.1, -0.05) is 75.4 Å². The van der Waals surface area contributed by atoms with E-state index in [1.807, 2.05) is 0 Å². The summed E-state index contributed by atoms with van der Waals surface area (Å²) in [7, 11) is 0. The van der Waals surface area contributed by atoms with Crippen molar-refractivity contribution in [2.24, 2.45) is 0 Å². The molecule has 3 atom stereocenters. The molecule has 40 heavy (non-hydrogen) atoms. The number of aliphatic hydroxyl groups is 1. The predicted molar refractivity (Wildman–Crippen MR) is 119 cm³/mol. The molecule has 0 saturated carbocycles. The lowest BCUT2D eigenvalue weighted by atomic mass is 9.73. The first-order valence-corrected chi connectivity index (χ1v) is 11.8. The van der Waals surface area contributed by atoms with Gasteiger partial charge in [0.25, 0.3) is 0 Å². The van der Waals surface area contributed by atoms with E-state index < -0.39 is 59.3 Å². The Hall–Kier alpha value is -2.51. The van der Waals surface area contributed by atoms with Gasteiger partial charge in [0, 0.05) is 5.92 Å². The first kappa shape index (κ1) is 33.7. The Morgan fingerprint density at radius 1 is 0.600 bits per heavy atom. The zero-order valence-corrected chi connectivity index (χ0v) is 21.1. The van der Waals surface area contributed by atoms with Gasteiger partial charge in [0.05, 0.1) is 6.42 Å². The zero-order valence-electron chi connectivity index (χ0n) is 21.1. The van der Waals surface area contributed by atoms with Crippen molar-refractivity contribution in [2.45, 2.75) is 86.8 Å². The molecular formula is C26H25F13O. The molecule has 2 rings (SSSR count). The van der Waals surface area contributed by atoms with Crippen molar-refractivity contribution in [3.05, 3.63) is 71.3 Å². The number of alkyl halides is 13. The SMILES string of the molecule is CCC(C)c1ccc(C(O)(CC(F)(F)C(F)(F)C(F)(F)C(F)(F)C(F)(F)C(F)(F)F)C(C)c2ccccc2)cc1. The fourth-order valence-corrected chi connectivity index (χ4v) is 4.11. The summed E-state index contributed by atoms with van der Waals surface area (Å²) in [5, 5.41) is 11.4. The second-order valence-corrected chi connectivity index (χ2v) is 9.66. The van der Waals surface area contributed by atoms with Crippen LogP contribution in [-0.2, 0) is 5.60 Å². The molecule has 0 aliphatic heterocycles. The Labute approximate surface area is 221 Å². The predicted octanol–water partition coefficient (Wildman–Crippen LogP) is 9.32. The fraction of sp³-hybridized carbons (Fsp3) is 0.538. The maximum absolute atomic E-state index is 15.0. The molecule has 0 aromatic heterocycles. The van der Waals surface area contributed by atoms with Gasteiger partial charge in [-0.15, -0.1) is 0 Å². The van der Waals surface area contributed by atoms with Crippen molar-refractivity contribution >= 4 is 0 Å². The molecule has 0 fully saturated rings. The molecule has 0 saturated heterocycles. The monoisotopic (exact) mass is 600 g/mol. The third-order valence-corrected chi connectivity index (χ3v) is 7.10. The van der Waals surface area contributed by atoms with Crippen LogP contribution < -0.4 is 0 Å². The molecule has 2 aromatic rings. The molecule has 0 aliphatic carbocycles. The van der Waals surface area contributed by atoms with Crippen molar-refractivity contribution in [2.75, 3.05) is 0 Å². The van der Waals surface area contributed by atoms with Crippen LogP contribution in [0, 0.1) is 0 Å². The third kappa shape index (κ3) is 5.39. The highest BCUT2D eigenvalue weighted by atomic mass is 19.4. The topological polar surface area (TPSA) is 20.2 Å². The van der Waals surface area contributed by atoms with E-state index in [1.54, 1.807) is 13.8 Å². The summed E-state index contributed by atoms with van der Waals surface area (Å²) in [6, 6.07) is 11.3. The van der Waals surface area contributed by atoms with Crippen molar-refractivity contribution in [1.82, 2.24) is 0 Å². The highest BCUT2D eigenvalue weighted by molar-refractivity contribution is 5.34. The first-order chi connectivity index (χ1) is 17.9. The quantitative estimate of drug-likeness (QED) is 0.255. The molecule has 3 unspecified atom stereocenters. The van der Waals surface area contributed by atoms with Gasteiger partial charge in [-0.05, 0) is 29.0 Å². The summed E-state index contributed by atoms with van der Waals surface area (Å²) in [4.78, 5) is 0. The van der Waals surface area contributed by atoms with Crippen molar-refractivity contribution < 1.29 is 62.2 Å². The van der Waals surface area contributed by atoms with Crippen LogP contribution in [0.1, 0.15) is 62.1 Å². The Morgan fingerprint density at radius 2 is 1.05 bits per heavy atom. The average Bonchev–Trinajstić information content (AvgIpc) is 2.86. The van der Waals surface area contributed by atoms with E-state index in [0.717, 1.165) is 19.1 Å². The van der Waals surface area contributed by atoms with E-state index in [0.29, 0.717) is 12.0 Å². The molecule has 2 aromatic carbocycles. The normalized spacial score (nSPS) is 17.3. The summed E-state index contributed by atoms with van der Waals surface area (Å²) in [5.74, 6) is -39.4. The maximum atomic E-state index is 15.0. The van der Waals surface area contributed by atoms with Crippen LogP contribution in [0.25, 0.3) is 0 Å². The molecular weight excluding hydrogens is 575 g/mol. The summed E-state index contributed by atoms with van der Waals surface area (Å²) in [6.45, 7) is 4.59. The molecule has 14 heteroatoms. The Balaban J connectivity index is 2.69. The third-order valence-electron chi connectivity index (χ3n) is 7.10. The summed E-state index contributed by atoms with van der Waals surface area (Å²) in [6.07, 6.45) is -9.65. The second-order valence-electron chi connectivity index (χ2n) is 9.66. The van der Waals surface area contributed by atoms with Crippen LogP contribution in [0.15, 0.2) is 54.6 Å². The minimum atomic E-state index is -8.01. The van der Waals surface area contributed by atoms with E-state index in [1.165, 1.54) is 42.5 Å². The van der Waals surface area contributed by atoms with Crippen LogP contribution in [0.4, 0.5) is 57.1 Å². The zero-order chi connectivity index (χ0) is 31.2. The molecule has 226 valence electrons. The lowest BCUT2D eigenvalue weighted by Crippen LogP contribution is -2.70. The Bertz CT molecular complexity index is 1130. The van der Waals surface area contributed by atoms with E-state index in [-0.39, 0.29) is 11.5 Å². The lowest BCUT2D eigenvalue weighted by Gasteiger charge is -2.43. The van der Waals surface area contributed by atoms with Gasteiger partial charge < -0.3 is 5.11 Å². The molecule has 0 heterocycles. The lowest BCUT2D eigenvalue weighted by molar-refractivity contribution is -0.441. The number of rotatable bonds is 11. The van der Waals surface area contributed by atoms with Crippen LogP contribution in [0.2, 0.25) is 0 Å². The van der Waals surface area contributed by atoms with Gasteiger partial charge in [0.15, 0.2) is 0 Å². The summed E-state index contributed by atoms with van der Waals surface area (Å²) in [5.41, 5.74) is -3.20. The van der Waals surface area contributed by atoms with Gasteiger partial charge in [-0.25, -0.2) is 0 Å². The number of hydrogen-bond acceptors (Lipinski definition) is 1. The Morgan fingerprint density at radius 3 is 1.48 bits per heavy atom. The number of hydrogen-bond donors (Lipinski definition) is 1. The molecule has 0 radical (unpaired) electrons. The van der Waals surface area contributed by atoms with E-state index in [4.69, 9.17) is 0 Å². The summed E-state index contributed by atoms with van der Waals surface area (Å²) < 4.78 is 178. The van der Waals surface area contributed by atoms with Crippen LogP contribution in [0.5, 0.6) is 0 Å². The number of halogens is 13. The van der Waals surface area contributed by atoms with E-state index in [2.05, 4.69) is 0 Å².